The molecule has 0 unspecified atom stereocenters. The molecule has 0 bridgehead atoms. The first-order chi connectivity index (χ1) is 12.7. The van der Waals surface area contributed by atoms with Gasteiger partial charge in [-0.1, -0.05) is 24.3 Å². The van der Waals surface area contributed by atoms with Gasteiger partial charge in [0.05, 0.1) is 18.5 Å². The van der Waals surface area contributed by atoms with E-state index in [1.807, 2.05) is 11.0 Å². The molecule has 6 nitrogen and oxygen atoms in total. The predicted molar refractivity (Wildman–Crippen MR) is 95.3 cm³/mol. The molecular formula is C20H22N4O2. The number of nitrogens with one attached hydrogen (secondary N) is 1. The van der Waals surface area contributed by atoms with E-state index in [1.54, 1.807) is 6.20 Å². The highest BCUT2D eigenvalue weighted by molar-refractivity contribution is 5.84. The van der Waals surface area contributed by atoms with Gasteiger partial charge < -0.3 is 9.80 Å². The van der Waals surface area contributed by atoms with Crippen molar-refractivity contribution < 1.29 is 9.59 Å². The smallest absolute Gasteiger partial charge is 0.228 e. The third kappa shape index (κ3) is 2.43. The highest BCUT2D eigenvalue weighted by Gasteiger charge is 2.50. The number of hydrogen-bond acceptors (Lipinski definition) is 3. The third-order valence-corrected chi connectivity index (χ3v) is 6.18. The van der Waals surface area contributed by atoms with Gasteiger partial charge in [0.2, 0.25) is 11.8 Å². The number of amides is 2. The van der Waals surface area contributed by atoms with E-state index < -0.39 is 0 Å². The van der Waals surface area contributed by atoms with Crippen LogP contribution in [0.15, 0.2) is 36.5 Å². The largest absolute Gasteiger partial charge is 0.337 e. The molecule has 0 radical (unpaired) electrons. The minimum Gasteiger partial charge on any atom is -0.337 e. The number of fused-ring (bicyclic) bond motifs is 2. The molecular weight excluding hydrogens is 328 g/mol. The molecule has 3 heterocycles. The van der Waals surface area contributed by atoms with Crippen molar-refractivity contribution in [1.82, 2.24) is 20.0 Å². The Hall–Kier alpha value is -2.63. The standard InChI is InChI=1S/C20H22N4O2/c25-19(11-15-5-7-21-22-15)23-8-6-17-18(23)12-20(26)24(17)16-9-13-3-1-2-4-14(13)10-16/h1-5,7,16-18H,6,8-12H2,(H,21,22)/t17-,18-/m0/s1. The molecule has 1 N–H and O–H groups in total. The summed E-state index contributed by atoms with van der Waals surface area (Å²) in [5.41, 5.74) is 3.55. The van der Waals surface area contributed by atoms with Crippen LogP contribution in [0.1, 0.15) is 29.7 Å². The quantitative estimate of drug-likeness (QED) is 0.908. The SMILES string of the molecule is O=C(Cc1ccn[nH]1)N1CC[C@H]2[C@@H]1CC(=O)N2C1Cc2ccccc2C1. The van der Waals surface area contributed by atoms with E-state index in [9.17, 15) is 9.59 Å². The van der Waals surface area contributed by atoms with Crippen molar-refractivity contribution in [2.75, 3.05) is 6.54 Å². The number of carbonyl (C=O) groups excluding carboxylic acids is 2. The lowest BCUT2D eigenvalue weighted by Gasteiger charge is -2.30. The van der Waals surface area contributed by atoms with Crippen molar-refractivity contribution in [3.8, 4) is 0 Å². The maximum Gasteiger partial charge on any atom is 0.228 e. The molecule has 6 heteroatoms. The molecule has 0 saturated carbocycles. The molecule has 2 aliphatic heterocycles. The summed E-state index contributed by atoms with van der Waals surface area (Å²) in [5, 5.41) is 6.76. The number of rotatable bonds is 3. The molecule has 134 valence electrons. The van der Waals surface area contributed by atoms with E-state index >= 15 is 0 Å². The normalized spacial score (nSPS) is 25.0. The number of aromatic nitrogens is 2. The van der Waals surface area contributed by atoms with E-state index in [1.165, 1.54) is 11.1 Å². The van der Waals surface area contributed by atoms with Crippen LogP contribution in [-0.2, 0) is 28.9 Å². The minimum absolute atomic E-state index is 0.0293. The Bertz CT molecular complexity index is 822. The summed E-state index contributed by atoms with van der Waals surface area (Å²) in [6.45, 7) is 0.742. The second-order valence-corrected chi connectivity index (χ2v) is 7.61. The van der Waals surface area contributed by atoms with Gasteiger partial charge in [0.1, 0.15) is 0 Å². The van der Waals surface area contributed by atoms with Crippen molar-refractivity contribution in [2.45, 2.75) is 50.2 Å². The first-order valence-corrected chi connectivity index (χ1v) is 9.36. The highest BCUT2D eigenvalue weighted by Crippen LogP contribution is 2.37. The summed E-state index contributed by atoms with van der Waals surface area (Å²) in [6, 6.07) is 10.8. The number of H-pyrrole nitrogens is 1. The van der Waals surface area contributed by atoms with E-state index in [-0.39, 0.29) is 29.9 Å². The zero-order valence-electron chi connectivity index (χ0n) is 14.6. The fourth-order valence-electron chi connectivity index (χ4n) is 5.04. The number of benzene rings is 1. The van der Waals surface area contributed by atoms with Gasteiger partial charge in [-0.25, -0.2) is 0 Å². The number of likely N-dealkylation sites (tertiary alicyclic amines) is 2. The summed E-state index contributed by atoms with van der Waals surface area (Å²) in [5.74, 6) is 0.294. The van der Waals surface area contributed by atoms with Crippen LogP contribution in [0.2, 0.25) is 0 Å². The van der Waals surface area contributed by atoms with Crippen LogP contribution in [0.3, 0.4) is 0 Å². The lowest BCUT2D eigenvalue weighted by Crippen LogP contribution is -2.45. The Morgan fingerprint density at radius 3 is 2.58 bits per heavy atom. The van der Waals surface area contributed by atoms with Crippen molar-refractivity contribution in [3.05, 3.63) is 53.3 Å². The second-order valence-electron chi connectivity index (χ2n) is 7.61. The Kier molecular flexibility index (Phi) is 3.58. The van der Waals surface area contributed by atoms with Crippen LogP contribution in [-0.4, -0.2) is 56.5 Å². The zero-order chi connectivity index (χ0) is 17.7. The zero-order valence-corrected chi connectivity index (χ0v) is 14.6. The van der Waals surface area contributed by atoms with Crippen LogP contribution in [0.25, 0.3) is 0 Å². The van der Waals surface area contributed by atoms with E-state index in [0.717, 1.165) is 31.5 Å². The maximum absolute atomic E-state index is 12.8. The minimum atomic E-state index is 0.0293. The van der Waals surface area contributed by atoms with Gasteiger partial charge in [0.25, 0.3) is 0 Å². The van der Waals surface area contributed by atoms with Crippen LogP contribution in [0.5, 0.6) is 0 Å². The molecule has 2 aromatic rings. The van der Waals surface area contributed by atoms with Gasteiger partial charge in [-0.3, -0.25) is 14.7 Å². The predicted octanol–water partition coefficient (Wildman–Crippen LogP) is 1.32. The third-order valence-electron chi connectivity index (χ3n) is 6.18. The Labute approximate surface area is 152 Å². The lowest BCUT2D eigenvalue weighted by molar-refractivity contribution is -0.131. The van der Waals surface area contributed by atoms with Gasteiger partial charge in [-0.2, -0.15) is 5.10 Å². The van der Waals surface area contributed by atoms with E-state index in [2.05, 4.69) is 39.4 Å². The Balaban J connectivity index is 1.32. The fraction of sp³-hybridized carbons (Fsp3) is 0.450. The Morgan fingerprint density at radius 2 is 1.88 bits per heavy atom. The van der Waals surface area contributed by atoms with Crippen molar-refractivity contribution in [3.63, 3.8) is 0 Å². The molecule has 1 aromatic carbocycles. The first-order valence-electron chi connectivity index (χ1n) is 9.36. The van der Waals surface area contributed by atoms with Crippen LogP contribution in [0.4, 0.5) is 0 Å². The van der Waals surface area contributed by atoms with Crippen molar-refractivity contribution >= 4 is 11.8 Å². The monoisotopic (exact) mass is 350 g/mol. The van der Waals surface area contributed by atoms with Gasteiger partial charge in [-0.15, -0.1) is 0 Å². The topological polar surface area (TPSA) is 69.3 Å². The van der Waals surface area contributed by atoms with Gasteiger partial charge in [-0.05, 0) is 36.5 Å². The molecule has 2 atom stereocenters. The summed E-state index contributed by atoms with van der Waals surface area (Å²) >= 11 is 0. The van der Waals surface area contributed by atoms with Crippen LogP contribution >= 0.6 is 0 Å². The number of nitrogens with zero attached hydrogens (tertiary/aromatic N) is 3. The van der Waals surface area contributed by atoms with Gasteiger partial charge >= 0.3 is 0 Å². The molecule has 5 rings (SSSR count). The van der Waals surface area contributed by atoms with Gasteiger partial charge in [0, 0.05) is 30.9 Å². The molecule has 2 saturated heterocycles. The van der Waals surface area contributed by atoms with E-state index in [0.29, 0.717) is 12.8 Å². The molecule has 1 aliphatic carbocycles. The van der Waals surface area contributed by atoms with E-state index in [4.69, 9.17) is 0 Å². The Morgan fingerprint density at radius 1 is 1.12 bits per heavy atom. The van der Waals surface area contributed by atoms with Crippen molar-refractivity contribution in [1.29, 1.82) is 0 Å². The van der Waals surface area contributed by atoms with Crippen molar-refractivity contribution in [2.24, 2.45) is 0 Å². The number of hydrogen-bond donors (Lipinski definition) is 1. The average molecular weight is 350 g/mol. The number of aromatic amines is 1. The molecule has 2 fully saturated rings. The second kappa shape index (κ2) is 5.97. The molecule has 1 aromatic heterocycles. The molecule has 3 aliphatic rings. The summed E-state index contributed by atoms with van der Waals surface area (Å²) in [4.78, 5) is 29.5. The fourth-order valence-corrected chi connectivity index (χ4v) is 5.04. The lowest BCUT2D eigenvalue weighted by atomic mass is 10.1. The summed E-state index contributed by atoms with van der Waals surface area (Å²) in [7, 11) is 0. The molecule has 26 heavy (non-hydrogen) atoms. The van der Waals surface area contributed by atoms with Crippen LogP contribution < -0.4 is 0 Å². The number of carbonyl (C=O) groups is 2. The maximum atomic E-state index is 12.8. The summed E-state index contributed by atoms with van der Waals surface area (Å²) in [6.07, 6.45) is 5.21. The van der Waals surface area contributed by atoms with Gasteiger partial charge in [0.15, 0.2) is 0 Å². The average Bonchev–Trinajstić information content (AvgIpc) is 3.37. The highest BCUT2D eigenvalue weighted by atomic mass is 16.2. The molecule has 2 amide bonds. The van der Waals surface area contributed by atoms with Crippen LogP contribution in [0, 0.1) is 0 Å². The first kappa shape index (κ1) is 15.6. The summed E-state index contributed by atoms with van der Waals surface area (Å²) < 4.78 is 0. The molecule has 0 spiro atoms.